The molecular weight excluding hydrogens is 442 g/mol. The number of nitrogens with zero attached hydrogens (tertiary/aromatic N) is 3. The molecule has 1 aliphatic rings. The maximum atomic E-state index is 14.1. The Morgan fingerprint density at radius 3 is 1.94 bits per heavy atom. The second-order valence-electron chi connectivity index (χ2n) is 8.57. The minimum Gasteiger partial charge on any atom is -0.207 e. The van der Waals surface area contributed by atoms with Gasteiger partial charge in [-0.05, 0) is 30.2 Å². The van der Waals surface area contributed by atoms with E-state index in [-0.39, 0.29) is 11.4 Å². The van der Waals surface area contributed by atoms with Crippen molar-refractivity contribution in [1.82, 2.24) is 4.31 Å². The minimum atomic E-state index is -4.04. The molecule has 3 atom stereocenters. The molecule has 0 radical (unpaired) electrons. The van der Waals surface area contributed by atoms with Gasteiger partial charge in [-0.15, -0.1) is 6.58 Å². The minimum absolute atomic E-state index is 0.113. The molecule has 6 heteroatoms. The first-order valence-corrected chi connectivity index (χ1v) is 12.5. The van der Waals surface area contributed by atoms with Gasteiger partial charge in [0, 0.05) is 18.4 Å². The van der Waals surface area contributed by atoms with Crippen LogP contribution in [0.2, 0.25) is 0 Å². The molecule has 3 aromatic rings. The molecule has 0 aromatic heterocycles. The lowest BCUT2D eigenvalue weighted by atomic mass is 9.61. The van der Waals surface area contributed by atoms with Crippen LogP contribution < -0.4 is 0 Å². The zero-order valence-corrected chi connectivity index (χ0v) is 19.7. The van der Waals surface area contributed by atoms with Crippen LogP contribution in [-0.2, 0) is 10.0 Å². The standard InChI is InChI=1S/C28H25N3O2S/c1-3-26-25(22-10-6-4-7-11-22)18-31(34(32,33)24-16-14-21(2)15-17-24)27(28(26,19-29)20-30)23-12-8-5-9-13-23/h3-17,25-27H,1,18H2,2H3/t25-,26+,27-/m0/s1. The van der Waals surface area contributed by atoms with Gasteiger partial charge in [-0.3, -0.25) is 0 Å². The molecule has 170 valence electrons. The summed E-state index contributed by atoms with van der Waals surface area (Å²) in [7, 11) is -4.04. The maximum absolute atomic E-state index is 14.1. The molecule has 1 aliphatic heterocycles. The van der Waals surface area contributed by atoms with Gasteiger partial charge in [0.05, 0.1) is 23.1 Å². The van der Waals surface area contributed by atoms with Crippen LogP contribution >= 0.6 is 0 Å². The van der Waals surface area contributed by atoms with Crippen LogP contribution in [0.1, 0.15) is 28.7 Å². The smallest absolute Gasteiger partial charge is 0.207 e. The molecule has 1 saturated heterocycles. The monoisotopic (exact) mass is 467 g/mol. The summed E-state index contributed by atoms with van der Waals surface area (Å²) < 4.78 is 29.5. The number of sulfonamides is 1. The van der Waals surface area contributed by atoms with E-state index in [0.29, 0.717) is 5.56 Å². The molecule has 34 heavy (non-hydrogen) atoms. The predicted molar refractivity (Wildman–Crippen MR) is 131 cm³/mol. The van der Waals surface area contributed by atoms with E-state index in [0.717, 1.165) is 11.1 Å². The molecule has 1 fully saturated rings. The van der Waals surface area contributed by atoms with Crippen LogP contribution in [0.25, 0.3) is 0 Å². The summed E-state index contributed by atoms with van der Waals surface area (Å²) >= 11 is 0. The first-order chi connectivity index (χ1) is 16.4. The molecule has 0 spiro atoms. The molecule has 0 amide bonds. The van der Waals surface area contributed by atoms with E-state index in [1.165, 1.54) is 4.31 Å². The van der Waals surface area contributed by atoms with Gasteiger partial charge in [-0.25, -0.2) is 8.42 Å². The molecule has 3 aromatic carbocycles. The van der Waals surface area contributed by atoms with E-state index in [1.54, 1.807) is 54.6 Å². The maximum Gasteiger partial charge on any atom is 0.243 e. The van der Waals surface area contributed by atoms with Crippen molar-refractivity contribution >= 4 is 10.0 Å². The van der Waals surface area contributed by atoms with E-state index in [1.807, 2.05) is 43.3 Å². The first kappa shape index (κ1) is 23.4. The fraction of sp³-hybridized carbons (Fsp3) is 0.214. The molecular formula is C28H25N3O2S. The molecule has 0 aliphatic carbocycles. The number of hydrogen-bond donors (Lipinski definition) is 0. The number of piperidine rings is 1. The molecule has 5 nitrogen and oxygen atoms in total. The van der Waals surface area contributed by atoms with Crippen molar-refractivity contribution < 1.29 is 8.42 Å². The van der Waals surface area contributed by atoms with Crippen LogP contribution in [0.3, 0.4) is 0 Å². The van der Waals surface area contributed by atoms with Gasteiger partial charge in [-0.1, -0.05) is 84.4 Å². The fourth-order valence-corrected chi connectivity index (χ4v) is 6.62. The van der Waals surface area contributed by atoms with Crippen molar-refractivity contribution in [1.29, 1.82) is 10.5 Å². The number of allylic oxidation sites excluding steroid dienone is 1. The van der Waals surface area contributed by atoms with Gasteiger partial charge < -0.3 is 0 Å². The Hall–Kier alpha value is -3.71. The third kappa shape index (κ3) is 3.82. The zero-order chi connectivity index (χ0) is 24.3. The van der Waals surface area contributed by atoms with Crippen molar-refractivity contribution in [3.05, 3.63) is 114 Å². The number of hydrogen-bond acceptors (Lipinski definition) is 4. The third-order valence-electron chi connectivity index (χ3n) is 6.65. The second-order valence-corrected chi connectivity index (χ2v) is 10.5. The van der Waals surface area contributed by atoms with E-state index < -0.39 is 33.3 Å². The van der Waals surface area contributed by atoms with E-state index in [9.17, 15) is 18.9 Å². The number of benzene rings is 3. The highest BCUT2D eigenvalue weighted by atomic mass is 32.2. The molecule has 0 bridgehead atoms. The van der Waals surface area contributed by atoms with Crippen molar-refractivity contribution in [2.75, 3.05) is 6.54 Å². The van der Waals surface area contributed by atoms with Crippen molar-refractivity contribution in [3.63, 3.8) is 0 Å². The summed E-state index contributed by atoms with van der Waals surface area (Å²) in [4.78, 5) is 0.132. The van der Waals surface area contributed by atoms with Gasteiger partial charge in [0.25, 0.3) is 0 Å². The zero-order valence-electron chi connectivity index (χ0n) is 18.9. The van der Waals surface area contributed by atoms with Gasteiger partial charge in [-0.2, -0.15) is 14.8 Å². The lowest BCUT2D eigenvalue weighted by molar-refractivity contribution is 0.101. The Balaban J connectivity index is 2.00. The lowest BCUT2D eigenvalue weighted by Gasteiger charge is -2.49. The van der Waals surface area contributed by atoms with Crippen molar-refractivity contribution in [2.45, 2.75) is 23.8 Å². The Kier molecular flexibility index (Phi) is 6.39. The van der Waals surface area contributed by atoms with Gasteiger partial charge in [0.1, 0.15) is 0 Å². The molecule has 0 N–H and O–H groups in total. The van der Waals surface area contributed by atoms with Gasteiger partial charge in [0.15, 0.2) is 5.41 Å². The SMILES string of the molecule is C=C[C@@H]1[C@H](c2ccccc2)CN(S(=O)(=O)c2ccc(C)cc2)[C@@H](c2ccccc2)C1(C#N)C#N. The van der Waals surface area contributed by atoms with Gasteiger partial charge >= 0.3 is 0 Å². The highest BCUT2D eigenvalue weighted by molar-refractivity contribution is 7.89. The third-order valence-corrected chi connectivity index (χ3v) is 8.49. The highest BCUT2D eigenvalue weighted by Crippen LogP contribution is 2.55. The predicted octanol–water partition coefficient (Wildman–Crippen LogP) is 5.36. The number of nitriles is 2. The topological polar surface area (TPSA) is 85.0 Å². The summed E-state index contributed by atoms with van der Waals surface area (Å²) in [5.74, 6) is -1.00. The van der Waals surface area contributed by atoms with Gasteiger partial charge in [0.2, 0.25) is 10.0 Å². The summed E-state index contributed by atoms with van der Waals surface area (Å²) in [5.41, 5.74) is 0.714. The van der Waals surface area contributed by atoms with Crippen LogP contribution in [0.15, 0.2) is 102 Å². The van der Waals surface area contributed by atoms with Crippen LogP contribution in [0.5, 0.6) is 0 Å². The van der Waals surface area contributed by atoms with E-state index in [2.05, 4.69) is 18.7 Å². The molecule has 1 heterocycles. The summed E-state index contributed by atoms with van der Waals surface area (Å²) in [6.45, 7) is 5.97. The fourth-order valence-electron chi connectivity index (χ4n) is 4.95. The second kappa shape index (κ2) is 9.27. The summed E-state index contributed by atoms with van der Waals surface area (Å²) in [6, 6.07) is 28.5. The van der Waals surface area contributed by atoms with E-state index in [4.69, 9.17) is 0 Å². The van der Waals surface area contributed by atoms with Crippen molar-refractivity contribution in [2.24, 2.45) is 11.3 Å². The Labute approximate surface area is 201 Å². The van der Waals surface area contributed by atoms with Crippen LogP contribution in [0, 0.1) is 40.9 Å². The summed E-state index contributed by atoms with van der Waals surface area (Å²) in [6.07, 6.45) is 1.63. The average molecular weight is 468 g/mol. The molecule has 4 rings (SSSR count). The Morgan fingerprint density at radius 1 is 0.912 bits per heavy atom. The largest absolute Gasteiger partial charge is 0.243 e. The number of aryl methyl sites for hydroxylation is 1. The first-order valence-electron chi connectivity index (χ1n) is 11.0. The number of rotatable bonds is 5. The average Bonchev–Trinajstić information content (AvgIpc) is 2.88. The molecule has 0 saturated carbocycles. The van der Waals surface area contributed by atoms with Crippen molar-refractivity contribution in [3.8, 4) is 12.1 Å². The lowest BCUT2D eigenvalue weighted by Crippen LogP contribution is -2.54. The normalized spacial score (nSPS) is 22.3. The Morgan fingerprint density at radius 2 is 1.44 bits per heavy atom. The summed E-state index contributed by atoms with van der Waals surface area (Å²) in [5, 5.41) is 21.0. The quantitative estimate of drug-likeness (QED) is 0.473. The molecule has 0 unspecified atom stereocenters. The van der Waals surface area contributed by atoms with E-state index >= 15 is 0 Å². The van der Waals surface area contributed by atoms with Crippen LogP contribution in [0.4, 0.5) is 0 Å². The van der Waals surface area contributed by atoms with Crippen LogP contribution in [-0.4, -0.2) is 19.3 Å². The Bertz CT molecular complexity index is 1340. The highest BCUT2D eigenvalue weighted by Gasteiger charge is 2.58.